The molecule has 0 radical (unpaired) electrons. The number of nitrogens with zero attached hydrogens (tertiary/aromatic N) is 1. The number of benzene rings is 2. The molecule has 1 saturated heterocycles. The molecule has 1 aliphatic rings. The Kier molecular flexibility index (Phi) is 4.39. The van der Waals surface area contributed by atoms with Crippen LogP contribution in [0.25, 0.3) is 0 Å². The van der Waals surface area contributed by atoms with Crippen LogP contribution in [0, 0.1) is 0 Å². The maximum atomic E-state index is 11.9. The van der Waals surface area contributed by atoms with Crippen LogP contribution in [0.2, 0.25) is 0 Å². The van der Waals surface area contributed by atoms with Crippen LogP contribution >= 0.6 is 0 Å². The predicted octanol–water partition coefficient (Wildman–Crippen LogP) is 2.92. The Hall–Kier alpha value is -2.33. The molecule has 1 amide bonds. The first kappa shape index (κ1) is 14.6. The molecule has 4 nitrogen and oxygen atoms in total. The summed E-state index contributed by atoms with van der Waals surface area (Å²) >= 11 is 0. The molecule has 1 heterocycles. The van der Waals surface area contributed by atoms with Gasteiger partial charge in [-0.2, -0.15) is 0 Å². The molecule has 0 bridgehead atoms. The molecular weight excluding hydrogens is 276 g/mol. The van der Waals surface area contributed by atoms with E-state index in [9.17, 15) is 4.79 Å². The molecule has 1 fully saturated rings. The zero-order chi connectivity index (χ0) is 15.4. The molecule has 3 rings (SSSR count). The van der Waals surface area contributed by atoms with Crippen LogP contribution in [-0.4, -0.2) is 17.6 Å². The summed E-state index contributed by atoms with van der Waals surface area (Å²) in [6, 6.07) is 15.8. The highest BCUT2D eigenvalue weighted by Gasteiger charge is 2.23. The monoisotopic (exact) mass is 296 g/mol. The Morgan fingerprint density at radius 1 is 1.05 bits per heavy atom. The Morgan fingerprint density at radius 3 is 2.45 bits per heavy atom. The first-order valence-electron chi connectivity index (χ1n) is 7.60. The SMILES string of the molecule is O=C1CCCN1c1ccccc1NCc1ccc(CO)cc1. The Bertz CT molecular complexity index is 652. The van der Waals surface area contributed by atoms with Crippen LogP contribution in [0.3, 0.4) is 0 Å². The van der Waals surface area contributed by atoms with Crippen molar-refractivity contribution in [2.75, 3.05) is 16.8 Å². The number of carbonyl (C=O) groups is 1. The lowest BCUT2D eigenvalue weighted by Gasteiger charge is -2.20. The van der Waals surface area contributed by atoms with Gasteiger partial charge >= 0.3 is 0 Å². The normalized spacial score (nSPS) is 14.4. The fourth-order valence-corrected chi connectivity index (χ4v) is 2.72. The molecule has 0 unspecified atom stereocenters. The van der Waals surface area contributed by atoms with E-state index < -0.39 is 0 Å². The van der Waals surface area contributed by atoms with E-state index in [2.05, 4.69) is 5.32 Å². The average Bonchev–Trinajstić information content (AvgIpc) is 2.99. The third-order valence-corrected chi connectivity index (χ3v) is 3.96. The van der Waals surface area contributed by atoms with Gasteiger partial charge < -0.3 is 15.3 Å². The molecule has 114 valence electrons. The summed E-state index contributed by atoms with van der Waals surface area (Å²) < 4.78 is 0. The smallest absolute Gasteiger partial charge is 0.227 e. The number of hydrogen-bond acceptors (Lipinski definition) is 3. The first-order chi connectivity index (χ1) is 10.8. The number of amides is 1. The van der Waals surface area contributed by atoms with Crippen molar-refractivity contribution in [1.29, 1.82) is 0 Å². The minimum Gasteiger partial charge on any atom is -0.392 e. The molecule has 0 aromatic heterocycles. The van der Waals surface area contributed by atoms with Crippen LogP contribution in [-0.2, 0) is 17.9 Å². The van der Waals surface area contributed by atoms with Gasteiger partial charge in [0.05, 0.1) is 18.0 Å². The summed E-state index contributed by atoms with van der Waals surface area (Å²) in [7, 11) is 0. The zero-order valence-corrected chi connectivity index (χ0v) is 12.5. The predicted molar refractivity (Wildman–Crippen MR) is 87.7 cm³/mol. The van der Waals surface area contributed by atoms with Gasteiger partial charge in [-0.1, -0.05) is 36.4 Å². The summed E-state index contributed by atoms with van der Waals surface area (Å²) in [5.41, 5.74) is 3.98. The quantitative estimate of drug-likeness (QED) is 0.892. The van der Waals surface area contributed by atoms with Gasteiger partial charge in [-0.25, -0.2) is 0 Å². The Morgan fingerprint density at radius 2 is 1.77 bits per heavy atom. The van der Waals surface area contributed by atoms with Gasteiger partial charge in [0, 0.05) is 19.5 Å². The standard InChI is InChI=1S/C18H20N2O2/c21-13-15-9-7-14(8-10-15)12-19-16-4-1-2-5-17(16)20-11-3-6-18(20)22/h1-2,4-5,7-10,19,21H,3,6,11-13H2. The lowest BCUT2D eigenvalue weighted by atomic mass is 10.1. The van der Waals surface area contributed by atoms with Crippen LogP contribution < -0.4 is 10.2 Å². The first-order valence-corrected chi connectivity index (χ1v) is 7.60. The van der Waals surface area contributed by atoms with E-state index in [4.69, 9.17) is 5.11 Å². The van der Waals surface area contributed by atoms with Crippen molar-refractivity contribution in [3.05, 3.63) is 59.7 Å². The Labute approximate surface area is 130 Å². The van der Waals surface area contributed by atoms with Crippen molar-refractivity contribution in [1.82, 2.24) is 0 Å². The van der Waals surface area contributed by atoms with Gasteiger partial charge in [0.15, 0.2) is 0 Å². The highest BCUT2D eigenvalue weighted by Crippen LogP contribution is 2.29. The summed E-state index contributed by atoms with van der Waals surface area (Å²) in [6.07, 6.45) is 1.56. The fraction of sp³-hybridized carbons (Fsp3) is 0.278. The molecular formula is C18H20N2O2. The van der Waals surface area contributed by atoms with Crippen molar-refractivity contribution in [3.63, 3.8) is 0 Å². The van der Waals surface area contributed by atoms with Crippen molar-refractivity contribution in [3.8, 4) is 0 Å². The summed E-state index contributed by atoms with van der Waals surface area (Å²) in [6.45, 7) is 1.54. The van der Waals surface area contributed by atoms with Crippen molar-refractivity contribution in [2.45, 2.75) is 26.0 Å². The highest BCUT2D eigenvalue weighted by atomic mass is 16.3. The minimum atomic E-state index is 0.0631. The second-order valence-corrected chi connectivity index (χ2v) is 5.49. The summed E-state index contributed by atoms with van der Waals surface area (Å²) in [5, 5.41) is 12.5. The van der Waals surface area contributed by atoms with E-state index in [-0.39, 0.29) is 12.5 Å². The van der Waals surface area contributed by atoms with Gasteiger partial charge in [-0.05, 0) is 29.7 Å². The number of rotatable bonds is 5. The van der Waals surface area contributed by atoms with E-state index in [1.54, 1.807) is 0 Å². The van der Waals surface area contributed by atoms with Gasteiger partial charge in [0.25, 0.3) is 0 Å². The van der Waals surface area contributed by atoms with Crippen molar-refractivity contribution < 1.29 is 9.90 Å². The van der Waals surface area contributed by atoms with E-state index in [0.717, 1.165) is 35.5 Å². The van der Waals surface area contributed by atoms with E-state index in [0.29, 0.717) is 13.0 Å². The third kappa shape index (κ3) is 3.12. The second kappa shape index (κ2) is 6.62. The fourth-order valence-electron chi connectivity index (χ4n) is 2.72. The number of para-hydroxylation sites is 2. The molecule has 22 heavy (non-hydrogen) atoms. The lowest BCUT2D eigenvalue weighted by Crippen LogP contribution is -2.24. The van der Waals surface area contributed by atoms with Gasteiger partial charge in [-0.3, -0.25) is 4.79 Å². The minimum absolute atomic E-state index is 0.0631. The third-order valence-electron chi connectivity index (χ3n) is 3.96. The lowest BCUT2D eigenvalue weighted by molar-refractivity contribution is -0.117. The van der Waals surface area contributed by atoms with Crippen LogP contribution in [0.4, 0.5) is 11.4 Å². The molecule has 4 heteroatoms. The molecule has 2 aromatic carbocycles. The van der Waals surface area contributed by atoms with E-state index >= 15 is 0 Å². The van der Waals surface area contributed by atoms with Crippen LogP contribution in [0.5, 0.6) is 0 Å². The van der Waals surface area contributed by atoms with Gasteiger partial charge in [-0.15, -0.1) is 0 Å². The summed E-state index contributed by atoms with van der Waals surface area (Å²) in [5.74, 6) is 0.196. The largest absolute Gasteiger partial charge is 0.392 e. The molecule has 0 aliphatic carbocycles. The number of nitrogens with one attached hydrogen (secondary N) is 1. The average molecular weight is 296 g/mol. The molecule has 2 N–H and O–H groups in total. The molecule has 0 spiro atoms. The maximum Gasteiger partial charge on any atom is 0.227 e. The maximum absolute atomic E-state index is 11.9. The Balaban J connectivity index is 1.73. The molecule has 0 saturated carbocycles. The topological polar surface area (TPSA) is 52.6 Å². The van der Waals surface area contributed by atoms with Crippen LogP contribution in [0.1, 0.15) is 24.0 Å². The zero-order valence-electron chi connectivity index (χ0n) is 12.5. The molecule has 0 atom stereocenters. The number of hydrogen-bond donors (Lipinski definition) is 2. The van der Waals surface area contributed by atoms with Gasteiger partial charge in [0.2, 0.25) is 5.91 Å². The molecule has 1 aliphatic heterocycles. The molecule has 2 aromatic rings. The number of anilines is 2. The van der Waals surface area contributed by atoms with E-state index in [1.807, 2.05) is 53.4 Å². The number of aliphatic hydroxyl groups is 1. The number of aliphatic hydroxyl groups excluding tert-OH is 1. The van der Waals surface area contributed by atoms with Gasteiger partial charge in [0.1, 0.15) is 0 Å². The highest BCUT2D eigenvalue weighted by molar-refractivity contribution is 5.98. The summed E-state index contributed by atoms with van der Waals surface area (Å²) in [4.78, 5) is 13.8. The number of carbonyl (C=O) groups excluding carboxylic acids is 1. The second-order valence-electron chi connectivity index (χ2n) is 5.49. The van der Waals surface area contributed by atoms with Crippen molar-refractivity contribution >= 4 is 17.3 Å². The van der Waals surface area contributed by atoms with Crippen LogP contribution in [0.15, 0.2) is 48.5 Å². The van der Waals surface area contributed by atoms with E-state index in [1.165, 1.54) is 0 Å². The van der Waals surface area contributed by atoms with Crippen molar-refractivity contribution in [2.24, 2.45) is 0 Å².